The Morgan fingerprint density at radius 3 is 2.62 bits per heavy atom. The van der Waals surface area contributed by atoms with Gasteiger partial charge in [0.25, 0.3) is 0 Å². The summed E-state index contributed by atoms with van der Waals surface area (Å²) in [5.74, 6) is -0.184. The first-order chi connectivity index (χ1) is 10.2. The van der Waals surface area contributed by atoms with Crippen LogP contribution in [0.1, 0.15) is 36.9 Å². The first kappa shape index (κ1) is 16.2. The zero-order valence-electron chi connectivity index (χ0n) is 12.3. The summed E-state index contributed by atoms with van der Waals surface area (Å²) in [7, 11) is 0. The van der Waals surface area contributed by atoms with Crippen molar-refractivity contribution in [1.29, 1.82) is 0 Å². The molecule has 0 aliphatic rings. The second-order valence-electron chi connectivity index (χ2n) is 5.20. The van der Waals surface area contributed by atoms with Gasteiger partial charge in [-0.15, -0.1) is 0 Å². The minimum atomic E-state index is -0.184. The van der Waals surface area contributed by atoms with Crippen LogP contribution in [0.15, 0.2) is 53.0 Å². The quantitative estimate of drug-likeness (QED) is 0.718. The number of rotatable bonds is 7. The summed E-state index contributed by atoms with van der Waals surface area (Å²) in [6.45, 7) is 3.07. The van der Waals surface area contributed by atoms with Crippen molar-refractivity contribution in [1.82, 2.24) is 5.32 Å². The molecule has 0 saturated heterocycles. The first-order valence-electron chi connectivity index (χ1n) is 7.43. The normalized spacial score (nSPS) is 12.3. The summed E-state index contributed by atoms with van der Waals surface area (Å²) in [5, 5.41) is 3.53. The first-order valence-corrected chi connectivity index (χ1v) is 8.22. The summed E-state index contributed by atoms with van der Waals surface area (Å²) in [4.78, 5) is 0. The van der Waals surface area contributed by atoms with Crippen molar-refractivity contribution in [3.8, 4) is 0 Å². The fraction of sp³-hybridized carbons (Fsp3) is 0.333. The molecule has 1 atom stereocenters. The highest BCUT2D eigenvalue weighted by Crippen LogP contribution is 2.27. The average Bonchev–Trinajstić information content (AvgIpc) is 2.51. The largest absolute Gasteiger partial charge is 0.310 e. The number of nitrogens with one attached hydrogen (secondary N) is 1. The van der Waals surface area contributed by atoms with Crippen molar-refractivity contribution in [3.05, 3.63) is 69.9 Å². The van der Waals surface area contributed by atoms with Gasteiger partial charge in [0.05, 0.1) is 0 Å². The predicted octanol–water partition coefficient (Wildman–Crippen LogP) is 5.26. The van der Waals surface area contributed by atoms with Gasteiger partial charge >= 0.3 is 0 Å². The Labute approximate surface area is 134 Å². The van der Waals surface area contributed by atoms with Crippen LogP contribution < -0.4 is 5.32 Å². The minimum absolute atomic E-state index is 0.162. The van der Waals surface area contributed by atoms with E-state index in [1.54, 1.807) is 12.1 Å². The van der Waals surface area contributed by atoms with Gasteiger partial charge < -0.3 is 5.32 Å². The number of aryl methyl sites for hydroxylation is 1. The molecule has 0 aliphatic heterocycles. The van der Waals surface area contributed by atoms with Gasteiger partial charge in [0.15, 0.2) is 0 Å². The van der Waals surface area contributed by atoms with Crippen LogP contribution in [0.4, 0.5) is 4.39 Å². The van der Waals surface area contributed by atoms with E-state index in [0.717, 1.165) is 35.8 Å². The molecule has 0 aliphatic carbocycles. The molecule has 21 heavy (non-hydrogen) atoms. The second-order valence-corrected chi connectivity index (χ2v) is 6.05. The number of halogens is 2. The lowest BCUT2D eigenvalue weighted by Gasteiger charge is -2.20. The molecular weight excluding hydrogens is 329 g/mol. The summed E-state index contributed by atoms with van der Waals surface area (Å²) < 4.78 is 14.5. The van der Waals surface area contributed by atoms with Gasteiger partial charge in [-0.05, 0) is 55.1 Å². The lowest BCUT2D eigenvalue weighted by molar-refractivity contribution is 0.494. The Hall–Kier alpha value is -1.19. The molecule has 0 bridgehead atoms. The molecule has 0 fully saturated rings. The van der Waals surface area contributed by atoms with E-state index < -0.39 is 0 Å². The van der Waals surface area contributed by atoms with Crippen LogP contribution in [0.25, 0.3) is 0 Å². The van der Waals surface area contributed by atoms with Crippen molar-refractivity contribution in [2.75, 3.05) is 6.54 Å². The monoisotopic (exact) mass is 349 g/mol. The van der Waals surface area contributed by atoms with Gasteiger partial charge in [-0.25, -0.2) is 4.39 Å². The maximum absolute atomic E-state index is 13.5. The summed E-state index contributed by atoms with van der Waals surface area (Å²) in [5.41, 5.74) is 2.31. The van der Waals surface area contributed by atoms with E-state index in [4.69, 9.17) is 0 Å². The highest BCUT2D eigenvalue weighted by Gasteiger charge is 2.14. The lowest BCUT2D eigenvalue weighted by atomic mass is 9.98. The number of hydrogen-bond donors (Lipinski definition) is 1. The van der Waals surface area contributed by atoms with Gasteiger partial charge in [-0.1, -0.05) is 53.2 Å². The molecule has 0 spiro atoms. The van der Waals surface area contributed by atoms with Crippen LogP contribution in [0.3, 0.4) is 0 Å². The molecule has 0 radical (unpaired) electrons. The highest BCUT2D eigenvalue weighted by molar-refractivity contribution is 9.10. The molecular formula is C18H21BrFN. The highest BCUT2D eigenvalue weighted by atomic mass is 79.9. The fourth-order valence-electron chi connectivity index (χ4n) is 2.42. The summed E-state index contributed by atoms with van der Waals surface area (Å²) in [6, 6.07) is 15.5. The average molecular weight is 350 g/mol. The zero-order valence-corrected chi connectivity index (χ0v) is 13.9. The molecule has 0 saturated carbocycles. The third-order valence-electron chi connectivity index (χ3n) is 3.54. The SMILES string of the molecule is CCCNC(CCc1ccccc1)c1cc(F)ccc1Br. The van der Waals surface area contributed by atoms with Crippen LogP contribution in [0, 0.1) is 5.82 Å². The van der Waals surface area contributed by atoms with Gasteiger partial charge in [-0.2, -0.15) is 0 Å². The molecule has 1 unspecified atom stereocenters. The van der Waals surface area contributed by atoms with E-state index in [2.05, 4.69) is 52.4 Å². The standard InChI is InChI=1S/C18H21BrFN/c1-2-12-21-18(11-8-14-6-4-3-5-7-14)16-13-15(20)9-10-17(16)19/h3-7,9-10,13,18,21H,2,8,11-12H2,1H3. The van der Waals surface area contributed by atoms with Crippen molar-refractivity contribution in [2.24, 2.45) is 0 Å². The van der Waals surface area contributed by atoms with Gasteiger partial charge in [-0.3, -0.25) is 0 Å². The van der Waals surface area contributed by atoms with Gasteiger partial charge in [0.1, 0.15) is 5.82 Å². The molecule has 2 aromatic rings. The molecule has 3 heteroatoms. The Morgan fingerprint density at radius 2 is 1.90 bits per heavy atom. The van der Waals surface area contributed by atoms with Crippen molar-refractivity contribution >= 4 is 15.9 Å². The number of hydrogen-bond acceptors (Lipinski definition) is 1. The predicted molar refractivity (Wildman–Crippen MR) is 89.9 cm³/mol. The summed E-state index contributed by atoms with van der Waals surface area (Å²) >= 11 is 3.54. The van der Waals surface area contributed by atoms with Crippen molar-refractivity contribution < 1.29 is 4.39 Å². The third-order valence-corrected chi connectivity index (χ3v) is 4.26. The molecule has 112 valence electrons. The van der Waals surface area contributed by atoms with Crippen molar-refractivity contribution in [2.45, 2.75) is 32.2 Å². The topological polar surface area (TPSA) is 12.0 Å². The van der Waals surface area contributed by atoms with E-state index in [1.165, 1.54) is 11.6 Å². The Kier molecular flexibility index (Phi) is 6.40. The van der Waals surface area contributed by atoms with Crippen LogP contribution in [0.5, 0.6) is 0 Å². The van der Waals surface area contributed by atoms with E-state index in [-0.39, 0.29) is 11.9 Å². The van der Waals surface area contributed by atoms with Gasteiger partial charge in [0.2, 0.25) is 0 Å². The molecule has 2 aromatic carbocycles. The van der Waals surface area contributed by atoms with E-state index >= 15 is 0 Å². The Bertz CT molecular complexity index is 556. The maximum atomic E-state index is 13.5. The summed E-state index contributed by atoms with van der Waals surface area (Å²) in [6.07, 6.45) is 2.99. The maximum Gasteiger partial charge on any atom is 0.123 e. The van der Waals surface area contributed by atoms with Crippen LogP contribution in [0.2, 0.25) is 0 Å². The molecule has 0 aromatic heterocycles. The second kappa shape index (κ2) is 8.30. The molecule has 1 nitrogen and oxygen atoms in total. The zero-order chi connectivity index (χ0) is 15.1. The molecule has 2 rings (SSSR count). The molecule has 1 N–H and O–H groups in total. The van der Waals surface area contributed by atoms with Crippen LogP contribution in [-0.4, -0.2) is 6.54 Å². The molecule has 0 amide bonds. The van der Waals surface area contributed by atoms with Crippen LogP contribution >= 0.6 is 15.9 Å². The minimum Gasteiger partial charge on any atom is -0.310 e. The van der Waals surface area contributed by atoms with Crippen LogP contribution in [-0.2, 0) is 6.42 Å². The van der Waals surface area contributed by atoms with Crippen molar-refractivity contribution in [3.63, 3.8) is 0 Å². The smallest absolute Gasteiger partial charge is 0.123 e. The Balaban J connectivity index is 2.12. The number of benzene rings is 2. The van der Waals surface area contributed by atoms with E-state index in [0.29, 0.717) is 0 Å². The van der Waals surface area contributed by atoms with Gasteiger partial charge in [0, 0.05) is 10.5 Å². The molecule has 0 heterocycles. The Morgan fingerprint density at radius 1 is 1.14 bits per heavy atom. The van der Waals surface area contributed by atoms with E-state index in [1.807, 2.05) is 6.07 Å². The van der Waals surface area contributed by atoms with E-state index in [9.17, 15) is 4.39 Å². The fourth-order valence-corrected chi connectivity index (χ4v) is 2.95. The lowest BCUT2D eigenvalue weighted by Crippen LogP contribution is -2.23. The third kappa shape index (κ3) is 4.94.